The van der Waals surface area contributed by atoms with Crippen LogP contribution < -0.4 is 0 Å². The molecule has 21 heavy (non-hydrogen) atoms. The van der Waals surface area contributed by atoms with E-state index in [1.54, 1.807) is 11.0 Å². The van der Waals surface area contributed by atoms with E-state index in [4.69, 9.17) is 0 Å². The van der Waals surface area contributed by atoms with Crippen molar-refractivity contribution in [2.24, 2.45) is 5.41 Å². The Morgan fingerprint density at radius 3 is 2.38 bits per heavy atom. The maximum Gasteiger partial charge on any atom is 0.137 e. The van der Waals surface area contributed by atoms with Crippen LogP contribution >= 0.6 is 0 Å². The third kappa shape index (κ3) is 3.79. The third-order valence-corrected chi connectivity index (χ3v) is 3.80. The molecule has 1 atom stereocenters. The molecule has 1 heterocycles. The van der Waals surface area contributed by atoms with E-state index in [1.807, 2.05) is 45.1 Å². The molecule has 0 spiro atoms. The Morgan fingerprint density at radius 2 is 1.86 bits per heavy atom. The van der Waals surface area contributed by atoms with Gasteiger partial charge in [0.25, 0.3) is 0 Å². The lowest BCUT2D eigenvalue weighted by atomic mass is 9.76. The van der Waals surface area contributed by atoms with Crippen LogP contribution in [0.5, 0.6) is 0 Å². The number of hydrogen-bond donors (Lipinski definition) is 1. The van der Waals surface area contributed by atoms with Gasteiger partial charge in [-0.1, -0.05) is 62.8 Å². The fraction of sp³-hybridized carbons (Fsp3) is 0.412. The zero-order valence-corrected chi connectivity index (χ0v) is 13.1. The highest BCUT2D eigenvalue weighted by Crippen LogP contribution is 2.33. The Kier molecular flexibility index (Phi) is 4.28. The summed E-state index contributed by atoms with van der Waals surface area (Å²) < 4.78 is 1.66. The van der Waals surface area contributed by atoms with E-state index >= 15 is 0 Å². The highest BCUT2D eigenvalue weighted by molar-refractivity contribution is 5.51. The number of hydrogen-bond acceptors (Lipinski definition) is 3. The maximum atomic E-state index is 11.1. The van der Waals surface area contributed by atoms with E-state index in [2.05, 4.69) is 29.1 Å². The lowest BCUT2D eigenvalue weighted by Crippen LogP contribution is -2.44. The predicted molar refractivity (Wildman–Crippen MR) is 84.6 cm³/mol. The zero-order chi connectivity index (χ0) is 15.5. The molecular formula is C17H23N3O. The van der Waals surface area contributed by atoms with Gasteiger partial charge in [-0.2, -0.15) is 5.10 Å². The molecule has 0 aliphatic heterocycles. The normalized spacial score (nSPS) is 15.3. The molecular weight excluding hydrogens is 262 g/mol. The molecule has 4 nitrogen and oxygen atoms in total. The number of aliphatic hydroxyl groups is 1. The first-order valence-electron chi connectivity index (χ1n) is 7.11. The van der Waals surface area contributed by atoms with Crippen molar-refractivity contribution in [3.05, 3.63) is 54.1 Å². The third-order valence-electron chi connectivity index (χ3n) is 3.80. The fourth-order valence-corrected chi connectivity index (χ4v) is 2.01. The van der Waals surface area contributed by atoms with Crippen molar-refractivity contribution in [2.75, 3.05) is 0 Å². The minimum atomic E-state index is -1.01. The van der Waals surface area contributed by atoms with E-state index in [-0.39, 0.29) is 5.41 Å². The van der Waals surface area contributed by atoms with Gasteiger partial charge in [-0.15, -0.1) is 0 Å². The number of rotatable bonds is 4. The standard InChI is InChI=1S/C17H23N3O/c1-14-5-7-15(8-6-14)9-10-17(21,16(2,3)4)11-20-13-18-12-19-20/h5-10,12-13,21H,11H2,1-4H3/b10-9+. The molecule has 112 valence electrons. The topological polar surface area (TPSA) is 50.9 Å². The summed E-state index contributed by atoms with van der Waals surface area (Å²) >= 11 is 0. The monoisotopic (exact) mass is 285 g/mol. The Bertz CT molecular complexity index is 594. The zero-order valence-electron chi connectivity index (χ0n) is 13.1. The summed E-state index contributed by atoms with van der Waals surface area (Å²) in [6.07, 6.45) is 6.92. The van der Waals surface area contributed by atoms with Gasteiger partial charge in [0, 0.05) is 0 Å². The van der Waals surface area contributed by atoms with Crippen molar-refractivity contribution in [3.8, 4) is 0 Å². The lowest BCUT2D eigenvalue weighted by molar-refractivity contribution is -0.0297. The largest absolute Gasteiger partial charge is 0.383 e. The van der Waals surface area contributed by atoms with Gasteiger partial charge in [0.1, 0.15) is 18.3 Å². The summed E-state index contributed by atoms with van der Waals surface area (Å²) in [5.41, 5.74) is 0.967. The van der Waals surface area contributed by atoms with Crippen LogP contribution in [0, 0.1) is 12.3 Å². The van der Waals surface area contributed by atoms with Crippen LogP contribution in [-0.4, -0.2) is 25.5 Å². The van der Waals surface area contributed by atoms with Gasteiger partial charge in [-0.05, 0) is 17.9 Å². The average molecular weight is 285 g/mol. The van der Waals surface area contributed by atoms with Crippen molar-refractivity contribution >= 4 is 6.08 Å². The molecule has 4 heteroatoms. The first-order valence-corrected chi connectivity index (χ1v) is 7.11. The number of nitrogens with zero attached hydrogens (tertiary/aromatic N) is 3. The lowest BCUT2D eigenvalue weighted by Gasteiger charge is -2.37. The van der Waals surface area contributed by atoms with Crippen molar-refractivity contribution < 1.29 is 5.11 Å². The second-order valence-electron chi connectivity index (χ2n) is 6.51. The number of aromatic nitrogens is 3. The van der Waals surface area contributed by atoms with Gasteiger partial charge in [0.15, 0.2) is 0 Å². The first kappa shape index (κ1) is 15.4. The molecule has 1 N–H and O–H groups in total. The van der Waals surface area contributed by atoms with Gasteiger partial charge in [-0.25, -0.2) is 9.67 Å². The van der Waals surface area contributed by atoms with Crippen LogP contribution in [0.3, 0.4) is 0 Å². The Labute approximate surface area is 126 Å². The fourth-order valence-electron chi connectivity index (χ4n) is 2.01. The Balaban J connectivity index is 2.26. The van der Waals surface area contributed by atoms with Gasteiger partial charge >= 0.3 is 0 Å². The summed E-state index contributed by atoms with van der Waals surface area (Å²) in [5.74, 6) is 0. The van der Waals surface area contributed by atoms with E-state index in [9.17, 15) is 5.11 Å². The van der Waals surface area contributed by atoms with Crippen molar-refractivity contribution in [1.29, 1.82) is 0 Å². The average Bonchev–Trinajstić information content (AvgIpc) is 2.89. The van der Waals surface area contributed by atoms with Crippen LogP contribution in [0.25, 0.3) is 6.08 Å². The van der Waals surface area contributed by atoms with Gasteiger partial charge in [-0.3, -0.25) is 0 Å². The highest BCUT2D eigenvalue weighted by Gasteiger charge is 2.38. The molecule has 0 fully saturated rings. The number of benzene rings is 1. The van der Waals surface area contributed by atoms with Crippen LogP contribution in [0.4, 0.5) is 0 Å². The molecule has 2 rings (SSSR count). The Hall–Kier alpha value is -1.94. The first-order chi connectivity index (χ1) is 9.80. The van der Waals surface area contributed by atoms with E-state index in [1.165, 1.54) is 11.9 Å². The van der Waals surface area contributed by atoms with Crippen molar-refractivity contribution in [3.63, 3.8) is 0 Å². The van der Waals surface area contributed by atoms with Crippen LogP contribution in [0.1, 0.15) is 31.9 Å². The number of aryl methyl sites for hydroxylation is 1. The van der Waals surface area contributed by atoms with Crippen LogP contribution in [-0.2, 0) is 6.54 Å². The molecule has 1 aromatic carbocycles. The molecule has 1 aromatic heterocycles. The predicted octanol–water partition coefficient (Wildman–Crippen LogP) is 3.08. The molecule has 2 aromatic rings. The molecule has 0 aliphatic carbocycles. The minimum absolute atomic E-state index is 0.319. The summed E-state index contributed by atoms with van der Waals surface area (Å²) in [7, 11) is 0. The highest BCUT2D eigenvalue weighted by atomic mass is 16.3. The van der Waals surface area contributed by atoms with Crippen LogP contribution in [0.2, 0.25) is 0 Å². The molecule has 0 bridgehead atoms. The molecule has 0 radical (unpaired) electrons. The Morgan fingerprint density at radius 1 is 1.19 bits per heavy atom. The van der Waals surface area contributed by atoms with Gasteiger partial charge in [0.05, 0.1) is 6.54 Å². The summed E-state index contributed by atoms with van der Waals surface area (Å²) in [6, 6.07) is 8.22. The van der Waals surface area contributed by atoms with Crippen molar-refractivity contribution in [1.82, 2.24) is 14.8 Å². The van der Waals surface area contributed by atoms with E-state index in [0.717, 1.165) is 5.56 Å². The second-order valence-corrected chi connectivity index (χ2v) is 6.51. The summed E-state index contributed by atoms with van der Waals surface area (Å²) in [6.45, 7) is 8.48. The quantitative estimate of drug-likeness (QED) is 0.939. The summed E-state index contributed by atoms with van der Waals surface area (Å²) in [5, 5.41) is 15.2. The van der Waals surface area contributed by atoms with Crippen LogP contribution in [0.15, 0.2) is 43.0 Å². The van der Waals surface area contributed by atoms with Gasteiger partial charge < -0.3 is 5.11 Å². The molecule has 0 saturated carbocycles. The van der Waals surface area contributed by atoms with Crippen molar-refractivity contribution in [2.45, 2.75) is 39.8 Å². The van der Waals surface area contributed by atoms with E-state index < -0.39 is 5.60 Å². The molecule has 1 unspecified atom stereocenters. The SMILES string of the molecule is Cc1ccc(/C=C/C(O)(Cn2cncn2)C(C)(C)C)cc1. The maximum absolute atomic E-state index is 11.1. The van der Waals surface area contributed by atoms with E-state index in [0.29, 0.717) is 6.54 Å². The molecule has 0 amide bonds. The molecule has 0 aliphatic rings. The smallest absolute Gasteiger partial charge is 0.137 e. The summed E-state index contributed by atoms with van der Waals surface area (Å²) in [4.78, 5) is 3.93. The minimum Gasteiger partial charge on any atom is -0.383 e. The van der Waals surface area contributed by atoms with Gasteiger partial charge in [0.2, 0.25) is 0 Å². The second kappa shape index (κ2) is 5.82. The molecule has 0 saturated heterocycles.